The van der Waals surface area contributed by atoms with E-state index in [0.29, 0.717) is 13.0 Å². The number of nitrogens with two attached hydrogens (primary N) is 1. The van der Waals surface area contributed by atoms with Gasteiger partial charge in [0, 0.05) is 30.5 Å². The Kier molecular flexibility index (Phi) is 4.67. The molecular weight excluding hydrogens is 230 g/mol. The highest BCUT2D eigenvalue weighted by atomic mass is 16.4. The summed E-state index contributed by atoms with van der Waals surface area (Å²) in [6.45, 7) is 5.89. The van der Waals surface area contributed by atoms with E-state index in [-0.39, 0.29) is 6.04 Å². The van der Waals surface area contributed by atoms with E-state index in [9.17, 15) is 9.90 Å². The maximum absolute atomic E-state index is 11.2. The summed E-state index contributed by atoms with van der Waals surface area (Å²) < 4.78 is 0. The minimum atomic E-state index is -0.941. The van der Waals surface area contributed by atoms with E-state index in [0.717, 1.165) is 5.56 Å². The van der Waals surface area contributed by atoms with Gasteiger partial charge in [-0.1, -0.05) is 6.07 Å². The van der Waals surface area contributed by atoms with Gasteiger partial charge in [-0.25, -0.2) is 4.79 Å². The van der Waals surface area contributed by atoms with Gasteiger partial charge in [0.15, 0.2) is 0 Å². The molecule has 5 heteroatoms. The first-order valence-corrected chi connectivity index (χ1v) is 5.95. The van der Waals surface area contributed by atoms with Crippen LogP contribution in [0.5, 0.6) is 0 Å². The highest BCUT2D eigenvalue weighted by Crippen LogP contribution is 2.14. The highest BCUT2D eigenvalue weighted by Gasteiger charge is 2.27. The van der Waals surface area contributed by atoms with Crippen LogP contribution >= 0.6 is 0 Å². The minimum absolute atomic E-state index is 0.232. The van der Waals surface area contributed by atoms with Crippen LogP contribution < -0.4 is 5.73 Å². The van der Waals surface area contributed by atoms with Gasteiger partial charge in [0.25, 0.3) is 0 Å². The van der Waals surface area contributed by atoms with Crippen LogP contribution in [0.25, 0.3) is 0 Å². The van der Waals surface area contributed by atoms with Crippen molar-refractivity contribution in [1.29, 1.82) is 0 Å². The van der Waals surface area contributed by atoms with E-state index in [2.05, 4.69) is 4.98 Å². The minimum Gasteiger partial charge on any atom is -0.465 e. The van der Waals surface area contributed by atoms with Crippen molar-refractivity contribution in [1.82, 2.24) is 9.88 Å². The molecule has 0 aliphatic rings. The molecule has 1 heterocycles. The zero-order valence-electron chi connectivity index (χ0n) is 11.1. The maximum atomic E-state index is 11.2. The average Bonchev–Trinajstić information content (AvgIpc) is 2.25. The van der Waals surface area contributed by atoms with Crippen molar-refractivity contribution in [2.45, 2.75) is 38.8 Å². The monoisotopic (exact) mass is 251 g/mol. The second kappa shape index (κ2) is 5.82. The van der Waals surface area contributed by atoms with E-state index in [1.165, 1.54) is 4.90 Å². The third kappa shape index (κ3) is 4.33. The molecular formula is C13H21N3O2. The summed E-state index contributed by atoms with van der Waals surface area (Å²) in [5.41, 5.74) is 6.58. The second-order valence-electron chi connectivity index (χ2n) is 5.39. The molecule has 0 spiro atoms. The van der Waals surface area contributed by atoms with Gasteiger partial charge in [-0.15, -0.1) is 0 Å². The van der Waals surface area contributed by atoms with E-state index >= 15 is 0 Å². The summed E-state index contributed by atoms with van der Waals surface area (Å²) in [6.07, 6.45) is 3.13. The van der Waals surface area contributed by atoms with Crippen molar-refractivity contribution in [3.8, 4) is 0 Å². The van der Waals surface area contributed by atoms with Gasteiger partial charge >= 0.3 is 6.09 Å². The number of carboxylic acid groups (broad SMARTS) is 1. The average molecular weight is 251 g/mol. The Bertz CT molecular complexity index is 387. The summed E-state index contributed by atoms with van der Waals surface area (Å²) in [5.74, 6) is 0. The van der Waals surface area contributed by atoms with Gasteiger partial charge in [-0.3, -0.25) is 4.98 Å². The lowest BCUT2D eigenvalue weighted by atomic mass is 10.0. The van der Waals surface area contributed by atoms with Crippen LogP contribution in [0.15, 0.2) is 24.5 Å². The van der Waals surface area contributed by atoms with Gasteiger partial charge in [0.1, 0.15) is 0 Å². The number of amides is 1. The molecule has 1 rings (SSSR count). The summed E-state index contributed by atoms with van der Waals surface area (Å²) >= 11 is 0. The number of hydrogen-bond acceptors (Lipinski definition) is 3. The quantitative estimate of drug-likeness (QED) is 0.854. The van der Waals surface area contributed by atoms with Crippen LogP contribution in [-0.2, 0) is 6.42 Å². The van der Waals surface area contributed by atoms with Crippen LogP contribution in [0, 0.1) is 0 Å². The van der Waals surface area contributed by atoms with E-state index < -0.39 is 11.6 Å². The molecule has 3 N–H and O–H groups in total. The molecule has 0 saturated heterocycles. The van der Waals surface area contributed by atoms with Gasteiger partial charge in [-0.2, -0.15) is 0 Å². The van der Waals surface area contributed by atoms with Crippen LogP contribution in [0.2, 0.25) is 0 Å². The van der Waals surface area contributed by atoms with E-state index in [4.69, 9.17) is 5.73 Å². The number of carbonyl (C=O) groups is 1. The molecule has 5 nitrogen and oxygen atoms in total. The lowest BCUT2D eigenvalue weighted by molar-refractivity contribution is 0.0960. The number of nitrogens with zero attached hydrogens (tertiary/aromatic N) is 2. The lowest BCUT2D eigenvalue weighted by Gasteiger charge is -2.35. The highest BCUT2D eigenvalue weighted by molar-refractivity contribution is 5.66. The Morgan fingerprint density at radius 2 is 2.22 bits per heavy atom. The van der Waals surface area contributed by atoms with Gasteiger partial charge in [0.2, 0.25) is 0 Å². The third-order valence-corrected chi connectivity index (χ3v) is 2.68. The smallest absolute Gasteiger partial charge is 0.407 e. The molecule has 18 heavy (non-hydrogen) atoms. The van der Waals surface area contributed by atoms with Gasteiger partial charge < -0.3 is 15.7 Å². The van der Waals surface area contributed by atoms with Crippen LogP contribution in [-0.4, -0.2) is 39.2 Å². The molecule has 0 bridgehead atoms. The maximum Gasteiger partial charge on any atom is 0.407 e. The first kappa shape index (κ1) is 14.4. The van der Waals surface area contributed by atoms with Crippen molar-refractivity contribution < 1.29 is 9.90 Å². The molecule has 0 fully saturated rings. The summed E-state index contributed by atoms with van der Waals surface area (Å²) in [6, 6.07) is 3.56. The van der Waals surface area contributed by atoms with Crippen LogP contribution in [0.3, 0.4) is 0 Å². The predicted octanol–water partition coefficient (Wildman–Crippen LogP) is 1.73. The molecule has 0 aliphatic heterocycles. The Balaban J connectivity index is 2.63. The van der Waals surface area contributed by atoms with E-state index in [1.54, 1.807) is 12.4 Å². The molecule has 1 atom stereocenters. The molecule has 100 valence electrons. The molecule has 1 aromatic rings. The molecule has 0 aliphatic carbocycles. The van der Waals surface area contributed by atoms with Crippen molar-refractivity contribution in [2.75, 3.05) is 6.54 Å². The van der Waals surface area contributed by atoms with Crippen molar-refractivity contribution in [3.05, 3.63) is 30.1 Å². The van der Waals surface area contributed by atoms with Crippen molar-refractivity contribution >= 4 is 6.09 Å². The van der Waals surface area contributed by atoms with Gasteiger partial charge in [-0.05, 0) is 38.8 Å². The lowest BCUT2D eigenvalue weighted by Crippen LogP contribution is -2.50. The molecule has 0 unspecified atom stereocenters. The molecule has 0 aromatic carbocycles. The third-order valence-electron chi connectivity index (χ3n) is 2.68. The summed E-state index contributed by atoms with van der Waals surface area (Å²) in [4.78, 5) is 16.6. The van der Waals surface area contributed by atoms with Gasteiger partial charge in [0.05, 0.1) is 0 Å². The second-order valence-corrected chi connectivity index (χ2v) is 5.39. The van der Waals surface area contributed by atoms with Crippen molar-refractivity contribution in [2.24, 2.45) is 5.73 Å². The Hall–Kier alpha value is -1.62. The molecule has 1 aromatic heterocycles. The topological polar surface area (TPSA) is 79.5 Å². The summed E-state index contributed by atoms with van der Waals surface area (Å²) in [5, 5.41) is 9.18. The van der Waals surface area contributed by atoms with Crippen LogP contribution in [0.4, 0.5) is 4.79 Å². The molecule has 0 saturated carbocycles. The molecule has 0 radical (unpaired) electrons. The SMILES string of the molecule is CC(C)(C)N(C[C@H](N)Cc1cccnc1)C(=O)O. The summed E-state index contributed by atoms with van der Waals surface area (Å²) in [7, 11) is 0. The fourth-order valence-electron chi connectivity index (χ4n) is 1.76. The fraction of sp³-hybridized carbons (Fsp3) is 0.538. The number of hydrogen-bond donors (Lipinski definition) is 2. The standard InChI is InChI=1S/C13H21N3O2/c1-13(2,3)16(12(17)18)9-11(14)7-10-5-4-6-15-8-10/h4-6,8,11H,7,9,14H2,1-3H3,(H,17,18)/t11-/m1/s1. The zero-order valence-corrected chi connectivity index (χ0v) is 11.1. The normalized spacial score (nSPS) is 13.1. The molecule has 1 amide bonds. The first-order valence-electron chi connectivity index (χ1n) is 5.95. The predicted molar refractivity (Wildman–Crippen MR) is 70.4 cm³/mol. The Morgan fingerprint density at radius 3 is 2.67 bits per heavy atom. The number of aromatic nitrogens is 1. The Morgan fingerprint density at radius 1 is 1.56 bits per heavy atom. The fourth-order valence-corrected chi connectivity index (χ4v) is 1.76. The van der Waals surface area contributed by atoms with Crippen molar-refractivity contribution in [3.63, 3.8) is 0 Å². The van der Waals surface area contributed by atoms with E-state index in [1.807, 2.05) is 32.9 Å². The number of rotatable bonds is 4. The number of pyridine rings is 1. The Labute approximate surface area is 108 Å². The zero-order chi connectivity index (χ0) is 13.8. The first-order chi connectivity index (χ1) is 8.30. The largest absolute Gasteiger partial charge is 0.465 e. The van der Waals surface area contributed by atoms with Crippen LogP contribution in [0.1, 0.15) is 26.3 Å².